The van der Waals surface area contributed by atoms with Crippen molar-refractivity contribution < 1.29 is 24.2 Å². The molecule has 1 amide bonds. The monoisotopic (exact) mass is 360 g/mol. The standard InChI is InChI=1S/C17H16N2O5S/c20-16(11-2-1-3-12-14(11)24-9-23-12)19-6-4-10(5-7-19)15-18-8-13(25-15)17(21)22/h1-3,8,10H,4-7,9H2,(H,21,22). The van der Waals surface area contributed by atoms with Crippen molar-refractivity contribution in [3.63, 3.8) is 0 Å². The van der Waals surface area contributed by atoms with E-state index in [4.69, 9.17) is 14.6 Å². The number of para-hydroxylation sites is 1. The number of likely N-dealkylation sites (tertiary alicyclic amines) is 1. The third-order valence-electron chi connectivity index (χ3n) is 4.49. The van der Waals surface area contributed by atoms with Gasteiger partial charge in [-0.05, 0) is 25.0 Å². The first-order valence-corrected chi connectivity index (χ1v) is 8.82. The molecule has 1 fully saturated rings. The average molecular weight is 360 g/mol. The molecule has 25 heavy (non-hydrogen) atoms. The number of hydrogen-bond donors (Lipinski definition) is 1. The molecule has 2 aliphatic rings. The van der Waals surface area contributed by atoms with Crippen LogP contribution in [-0.2, 0) is 0 Å². The van der Waals surface area contributed by atoms with E-state index in [-0.39, 0.29) is 23.5 Å². The zero-order valence-corrected chi connectivity index (χ0v) is 14.1. The summed E-state index contributed by atoms with van der Waals surface area (Å²) in [6.07, 6.45) is 2.94. The quantitative estimate of drug-likeness (QED) is 0.905. The molecule has 0 atom stereocenters. The first kappa shape index (κ1) is 15.9. The van der Waals surface area contributed by atoms with Gasteiger partial charge in [-0.1, -0.05) is 6.07 Å². The minimum absolute atomic E-state index is 0.0637. The zero-order chi connectivity index (χ0) is 17.4. The second-order valence-corrected chi connectivity index (χ2v) is 7.04. The van der Waals surface area contributed by atoms with E-state index >= 15 is 0 Å². The molecule has 0 aliphatic carbocycles. The van der Waals surface area contributed by atoms with Crippen LogP contribution in [-0.4, -0.2) is 46.7 Å². The summed E-state index contributed by atoms with van der Waals surface area (Å²) in [5.41, 5.74) is 0.524. The molecule has 2 aromatic rings. The summed E-state index contributed by atoms with van der Waals surface area (Å²) in [7, 11) is 0. The number of carbonyl (C=O) groups excluding carboxylic acids is 1. The molecule has 7 nitrogen and oxygen atoms in total. The molecule has 1 saturated heterocycles. The molecular weight excluding hydrogens is 344 g/mol. The Morgan fingerprint density at radius 2 is 2.04 bits per heavy atom. The summed E-state index contributed by atoms with van der Waals surface area (Å²) in [5.74, 6) is 0.302. The van der Waals surface area contributed by atoms with Crippen molar-refractivity contribution >= 4 is 23.2 Å². The number of thiazole rings is 1. The van der Waals surface area contributed by atoms with Crippen LogP contribution >= 0.6 is 11.3 Å². The summed E-state index contributed by atoms with van der Waals surface area (Å²) in [6, 6.07) is 5.33. The lowest BCUT2D eigenvalue weighted by Gasteiger charge is -2.31. The minimum atomic E-state index is -0.948. The Bertz CT molecular complexity index is 826. The number of amides is 1. The van der Waals surface area contributed by atoms with Crippen LogP contribution in [0.25, 0.3) is 0 Å². The van der Waals surface area contributed by atoms with E-state index in [0.717, 1.165) is 17.8 Å². The smallest absolute Gasteiger partial charge is 0.347 e. The number of ether oxygens (including phenoxy) is 2. The lowest BCUT2D eigenvalue weighted by Crippen LogP contribution is -2.38. The van der Waals surface area contributed by atoms with E-state index < -0.39 is 5.97 Å². The molecule has 2 aliphatic heterocycles. The van der Waals surface area contributed by atoms with Crippen LogP contribution in [0, 0.1) is 0 Å². The van der Waals surface area contributed by atoms with Crippen molar-refractivity contribution in [1.82, 2.24) is 9.88 Å². The van der Waals surface area contributed by atoms with Crippen LogP contribution in [0.15, 0.2) is 24.4 Å². The molecule has 0 unspecified atom stereocenters. The van der Waals surface area contributed by atoms with Crippen LogP contribution < -0.4 is 9.47 Å². The second-order valence-electron chi connectivity index (χ2n) is 5.97. The SMILES string of the molecule is O=C(O)c1cnc(C2CCN(C(=O)c3cccc4c3OCO4)CC2)s1. The summed E-state index contributed by atoms with van der Waals surface area (Å²) < 4.78 is 10.7. The maximum atomic E-state index is 12.8. The highest BCUT2D eigenvalue weighted by Gasteiger charge is 2.30. The van der Waals surface area contributed by atoms with Gasteiger partial charge in [0.25, 0.3) is 5.91 Å². The molecule has 0 bridgehead atoms. The van der Waals surface area contributed by atoms with E-state index in [1.54, 1.807) is 23.1 Å². The highest BCUT2D eigenvalue weighted by molar-refractivity contribution is 7.13. The molecule has 1 aromatic carbocycles. The molecule has 8 heteroatoms. The second kappa shape index (κ2) is 6.36. The van der Waals surface area contributed by atoms with Crippen LogP contribution in [0.5, 0.6) is 11.5 Å². The van der Waals surface area contributed by atoms with Crippen LogP contribution in [0.2, 0.25) is 0 Å². The Labute approximate surface area is 147 Å². The Kier molecular flexibility index (Phi) is 4.04. The lowest BCUT2D eigenvalue weighted by atomic mass is 9.97. The fourth-order valence-corrected chi connectivity index (χ4v) is 4.10. The van der Waals surface area contributed by atoms with Crippen molar-refractivity contribution in [2.75, 3.05) is 19.9 Å². The number of carboxylic acid groups (broad SMARTS) is 1. The number of hydrogen-bond acceptors (Lipinski definition) is 6. The number of carboxylic acids is 1. The Morgan fingerprint density at radius 3 is 2.76 bits per heavy atom. The molecule has 0 saturated carbocycles. The largest absolute Gasteiger partial charge is 0.477 e. The van der Waals surface area contributed by atoms with Gasteiger partial charge in [-0.2, -0.15) is 0 Å². The third-order valence-corrected chi connectivity index (χ3v) is 5.64. The topological polar surface area (TPSA) is 89.0 Å². The van der Waals surface area contributed by atoms with E-state index in [1.165, 1.54) is 17.5 Å². The van der Waals surface area contributed by atoms with Crippen molar-refractivity contribution in [3.8, 4) is 11.5 Å². The summed E-state index contributed by atoms with van der Waals surface area (Å²) >= 11 is 1.22. The van der Waals surface area contributed by atoms with E-state index in [9.17, 15) is 9.59 Å². The minimum Gasteiger partial charge on any atom is -0.477 e. The van der Waals surface area contributed by atoms with E-state index in [2.05, 4.69) is 4.98 Å². The van der Waals surface area contributed by atoms with Gasteiger partial charge in [-0.25, -0.2) is 9.78 Å². The molecular formula is C17H16N2O5S. The molecule has 0 radical (unpaired) electrons. The first-order valence-electron chi connectivity index (χ1n) is 8.00. The van der Waals surface area contributed by atoms with Gasteiger partial charge in [-0.15, -0.1) is 11.3 Å². The average Bonchev–Trinajstić information content (AvgIpc) is 3.30. The van der Waals surface area contributed by atoms with Crippen LogP contribution in [0.4, 0.5) is 0 Å². The van der Waals surface area contributed by atoms with Gasteiger partial charge < -0.3 is 19.5 Å². The highest BCUT2D eigenvalue weighted by atomic mass is 32.1. The fraction of sp³-hybridized carbons (Fsp3) is 0.353. The van der Waals surface area contributed by atoms with Crippen LogP contribution in [0.3, 0.4) is 0 Å². The summed E-state index contributed by atoms with van der Waals surface area (Å²) in [6.45, 7) is 1.35. The normalized spacial score (nSPS) is 16.9. The fourth-order valence-electron chi connectivity index (χ4n) is 3.17. The van der Waals surface area contributed by atoms with Crippen molar-refractivity contribution in [2.45, 2.75) is 18.8 Å². The third kappa shape index (κ3) is 2.93. The Morgan fingerprint density at radius 1 is 1.24 bits per heavy atom. The summed E-state index contributed by atoms with van der Waals surface area (Å²) in [4.78, 5) is 30.1. The van der Waals surface area contributed by atoms with Crippen LogP contribution in [0.1, 0.15) is 43.8 Å². The van der Waals surface area contributed by atoms with Gasteiger partial charge in [0.15, 0.2) is 11.5 Å². The maximum Gasteiger partial charge on any atom is 0.347 e. The van der Waals surface area contributed by atoms with Gasteiger partial charge in [0.2, 0.25) is 6.79 Å². The summed E-state index contributed by atoms with van der Waals surface area (Å²) in [5, 5.41) is 9.84. The van der Waals surface area contributed by atoms with Crippen molar-refractivity contribution in [1.29, 1.82) is 0 Å². The number of nitrogens with zero attached hydrogens (tertiary/aromatic N) is 2. The number of benzene rings is 1. The molecule has 1 N–H and O–H groups in total. The van der Waals surface area contributed by atoms with Gasteiger partial charge >= 0.3 is 5.97 Å². The molecule has 3 heterocycles. The Balaban J connectivity index is 1.44. The van der Waals surface area contributed by atoms with Gasteiger partial charge in [0.1, 0.15) is 4.88 Å². The maximum absolute atomic E-state index is 12.8. The molecule has 1 aromatic heterocycles. The predicted octanol–water partition coefficient (Wildman–Crippen LogP) is 2.59. The zero-order valence-electron chi connectivity index (χ0n) is 13.3. The number of carbonyl (C=O) groups is 2. The highest BCUT2D eigenvalue weighted by Crippen LogP contribution is 2.37. The Hall–Kier alpha value is -2.61. The van der Waals surface area contributed by atoms with E-state index in [1.807, 2.05) is 0 Å². The number of rotatable bonds is 3. The number of fused-ring (bicyclic) bond motifs is 1. The number of piperidine rings is 1. The van der Waals surface area contributed by atoms with Gasteiger partial charge in [-0.3, -0.25) is 4.79 Å². The van der Waals surface area contributed by atoms with Crippen molar-refractivity contribution in [2.24, 2.45) is 0 Å². The lowest BCUT2D eigenvalue weighted by molar-refractivity contribution is 0.0695. The molecule has 0 spiro atoms. The van der Waals surface area contributed by atoms with Gasteiger partial charge in [0, 0.05) is 19.0 Å². The number of aromatic nitrogens is 1. The molecule has 4 rings (SSSR count). The molecule has 130 valence electrons. The predicted molar refractivity (Wildman–Crippen MR) is 89.5 cm³/mol. The van der Waals surface area contributed by atoms with Gasteiger partial charge in [0.05, 0.1) is 16.8 Å². The van der Waals surface area contributed by atoms with E-state index in [0.29, 0.717) is 30.2 Å². The van der Waals surface area contributed by atoms with Crippen molar-refractivity contribution in [3.05, 3.63) is 39.8 Å². The first-order chi connectivity index (χ1) is 12.1. The number of aromatic carboxylic acids is 1.